The van der Waals surface area contributed by atoms with Crippen LogP contribution in [0.2, 0.25) is 0 Å². The summed E-state index contributed by atoms with van der Waals surface area (Å²) in [6.45, 7) is 1.86. The number of carbonyl (C=O) groups is 1. The molecule has 18 heavy (non-hydrogen) atoms. The molecule has 0 radical (unpaired) electrons. The molecule has 0 saturated carbocycles. The minimum absolute atomic E-state index is 0.0677. The highest BCUT2D eigenvalue weighted by Crippen LogP contribution is 2.16. The number of halogens is 1. The lowest BCUT2D eigenvalue weighted by Gasteiger charge is -2.05. The number of rotatable bonds is 2. The molecule has 92 valence electrons. The van der Waals surface area contributed by atoms with Crippen LogP contribution in [0.1, 0.15) is 15.9 Å². The van der Waals surface area contributed by atoms with Crippen LogP contribution < -0.4 is 10.9 Å². The summed E-state index contributed by atoms with van der Waals surface area (Å²) in [5.41, 5.74) is 1.09. The molecule has 0 bridgehead atoms. The molecular weight excluding hydrogens is 298 g/mol. The Morgan fingerprint density at radius 1 is 1.50 bits per heavy atom. The van der Waals surface area contributed by atoms with Gasteiger partial charge in [0.15, 0.2) is 0 Å². The molecule has 0 aliphatic heterocycles. The van der Waals surface area contributed by atoms with Crippen molar-refractivity contribution in [2.45, 2.75) is 6.92 Å². The van der Waals surface area contributed by atoms with E-state index in [1.807, 2.05) is 6.92 Å². The molecule has 2 rings (SSSR count). The SMILES string of the molecule is Cc1cc(NC(=O)c2ccc[nH]c2=O)cnc1Br. The minimum Gasteiger partial charge on any atom is -0.328 e. The number of hydrogen-bond donors (Lipinski definition) is 2. The van der Waals surface area contributed by atoms with Crippen LogP contribution in [0.25, 0.3) is 0 Å². The summed E-state index contributed by atoms with van der Waals surface area (Å²) in [6, 6.07) is 4.83. The van der Waals surface area contributed by atoms with E-state index in [9.17, 15) is 9.59 Å². The Labute approximate surface area is 111 Å². The normalized spacial score (nSPS) is 10.1. The Bertz CT molecular complexity index is 652. The first-order chi connectivity index (χ1) is 8.58. The van der Waals surface area contributed by atoms with Crippen LogP contribution in [0.4, 0.5) is 5.69 Å². The van der Waals surface area contributed by atoms with Crippen molar-refractivity contribution >= 4 is 27.5 Å². The molecule has 1 amide bonds. The van der Waals surface area contributed by atoms with Crippen molar-refractivity contribution in [2.75, 3.05) is 5.32 Å². The van der Waals surface area contributed by atoms with Crippen molar-refractivity contribution in [1.29, 1.82) is 0 Å². The van der Waals surface area contributed by atoms with E-state index in [0.29, 0.717) is 5.69 Å². The van der Waals surface area contributed by atoms with Gasteiger partial charge in [-0.3, -0.25) is 9.59 Å². The number of nitrogens with zero attached hydrogens (tertiary/aromatic N) is 1. The molecule has 0 aliphatic carbocycles. The molecule has 0 unspecified atom stereocenters. The molecule has 2 aromatic rings. The third-order valence-electron chi connectivity index (χ3n) is 2.34. The van der Waals surface area contributed by atoms with Crippen molar-refractivity contribution in [3.05, 3.63) is 56.7 Å². The highest BCUT2D eigenvalue weighted by molar-refractivity contribution is 9.10. The van der Waals surface area contributed by atoms with Crippen LogP contribution in [0.3, 0.4) is 0 Å². The van der Waals surface area contributed by atoms with Gasteiger partial charge in [-0.25, -0.2) is 4.98 Å². The van der Waals surface area contributed by atoms with Gasteiger partial charge < -0.3 is 10.3 Å². The molecule has 0 fully saturated rings. The molecule has 2 aromatic heterocycles. The molecule has 0 aliphatic rings. The number of aryl methyl sites for hydroxylation is 1. The number of H-pyrrole nitrogens is 1. The molecule has 0 spiro atoms. The number of hydrogen-bond acceptors (Lipinski definition) is 3. The van der Waals surface area contributed by atoms with Gasteiger partial charge >= 0.3 is 0 Å². The average molecular weight is 308 g/mol. The molecule has 0 aromatic carbocycles. The summed E-state index contributed by atoms with van der Waals surface area (Å²) in [5.74, 6) is -0.458. The first kappa shape index (κ1) is 12.5. The second-order valence-electron chi connectivity index (χ2n) is 3.70. The average Bonchev–Trinajstić information content (AvgIpc) is 2.34. The fraction of sp³-hybridized carbons (Fsp3) is 0.0833. The standard InChI is InChI=1S/C12H10BrN3O2/c1-7-5-8(6-15-10(7)13)16-12(18)9-3-2-4-14-11(9)17/h2-6H,1H3,(H,14,17)(H,16,18). The maximum atomic E-state index is 11.9. The van der Waals surface area contributed by atoms with E-state index in [-0.39, 0.29) is 5.56 Å². The predicted octanol–water partition coefficient (Wildman–Crippen LogP) is 2.09. The van der Waals surface area contributed by atoms with Crippen LogP contribution in [0, 0.1) is 6.92 Å². The second kappa shape index (κ2) is 5.14. The summed E-state index contributed by atoms with van der Waals surface area (Å²) in [5, 5.41) is 2.62. The Hall–Kier alpha value is -1.95. The number of aromatic nitrogens is 2. The van der Waals surface area contributed by atoms with Gasteiger partial charge in [-0.1, -0.05) is 0 Å². The van der Waals surface area contributed by atoms with E-state index in [1.165, 1.54) is 18.5 Å². The van der Waals surface area contributed by atoms with Crippen LogP contribution in [-0.4, -0.2) is 15.9 Å². The lowest BCUT2D eigenvalue weighted by atomic mass is 10.2. The Morgan fingerprint density at radius 3 is 2.94 bits per heavy atom. The summed E-state index contributed by atoms with van der Waals surface area (Å²) in [4.78, 5) is 29.8. The quantitative estimate of drug-likeness (QED) is 0.834. The van der Waals surface area contributed by atoms with Crippen molar-refractivity contribution in [1.82, 2.24) is 9.97 Å². The summed E-state index contributed by atoms with van der Waals surface area (Å²) < 4.78 is 0.720. The monoisotopic (exact) mass is 307 g/mol. The molecule has 6 heteroatoms. The minimum atomic E-state index is -0.458. The summed E-state index contributed by atoms with van der Waals surface area (Å²) >= 11 is 3.27. The maximum absolute atomic E-state index is 11.9. The van der Waals surface area contributed by atoms with Crippen molar-refractivity contribution in [2.24, 2.45) is 0 Å². The smallest absolute Gasteiger partial charge is 0.261 e. The number of carbonyl (C=O) groups excluding carboxylic acids is 1. The van der Waals surface area contributed by atoms with Gasteiger partial charge in [0, 0.05) is 6.20 Å². The zero-order valence-corrected chi connectivity index (χ0v) is 11.1. The Kier molecular flexibility index (Phi) is 3.57. The maximum Gasteiger partial charge on any atom is 0.261 e. The second-order valence-corrected chi connectivity index (χ2v) is 4.45. The van der Waals surface area contributed by atoms with Gasteiger partial charge in [-0.05, 0) is 46.6 Å². The van der Waals surface area contributed by atoms with Crippen LogP contribution in [0.5, 0.6) is 0 Å². The largest absolute Gasteiger partial charge is 0.328 e. The molecule has 2 N–H and O–H groups in total. The lowest BCUT2D eigenvalue weighted by molar-refractivity contribution is 0.102. The molecule has 5 nitrogen and oxygen atoms in total. The first-order valence-corrected chi connectivity index (χ1v) is 5.98. The highest BCUT2D eigenvalue weighted by Gasteiger charge is 2.10. The van der Waals surface area contributed by atoms with Crippen LogP contribution in [0.15, 0.2) is 40.0 Å². The van der Waals surface area contributed by atoms with Crippen molar-refractivity contribution in [3.63, 3.8) is 0 Å². The summed E-state index contributed by atoms with van der Waals surface area (Å²) in [7, 11) is 0. The molecule has 2 heterocycles. The van der Waals surface area contributed by atoms with E-state index in [1.54, 1.807) is 12.1 Å². The van der Waals surface area contributed by atoms with Gasteiger partial charge in [0.25, 0.3) is 11.5 Å². The highest BCUT2D eigenvalue weighted by atomic mass is 79.9. The van der Waals surface area contributed by atoms with E-state index < -0.39 is 11.5 Å². The zero-order valence-electron chi connectivity index (χ0n) is 9.53. The third kappa shape index (κ3) is 2.65. The fourth-order valence-corrected chi connectivity index (χ4v) is 1.64. The van der Waals surface area contributed by atoms with E-state index in [2.05, 4.69) is 31.2 Å². The zero-order chi connectivity index (χ0) is 13.1. The Morgan fingerprint density at radius 2 is 2.28 bits per heavy atom. The van der Waals surface area contributed by atoms with E-state index >= 15 is 0 Å². The molecule has 0 saturated heterocycles. The van der Waals surface area contributed by atoms with Crippen LogP contribution >= 0.6 is 15.9 Å². The fourth-order valence-electron chi connectivity index (χ4n) is 1.43. The number of pyridine rings is 2. The molecular formula is C12H10BrN3O2. The van der Waals surface area contributed by atoms with Crippen molar-refractivity contribution in [3.8, 4) is 0 Å². The predicted molar refractivity (Wildman–Crippen MR) is 71.7 cm³/mol. The topological polar surface area (TPSA) is 74.8 Å². The number of aromatic amines is 1. The van der Waals surface area contributed by atoms with Gasteiger partial charge in [-0.2, -0.15) is 0 Å². The lowest BCUT2D eigenvalue weighted by Crippen LogP contribution is -2.22. The number of anilines is 1. The number of nitrogens with one attached hydrogen (secondary N) is 2. The third-order valence-corrected chi connectivity index (χ3v) is 3.17. The van der Waals surface area contributed by atoms with Crippen molar-refractivity contribution < 1.29 is 4.79 Å². The summed E-state index contributed by atoms with van der Waals surface area (Å²) in [6.07, 6.45) is 3.00. The van der Waals surface area contributed by atoms with Gasteiger partial charge in [0.2, 0.25) is 0 Å². The van der Waals surface area contributed by atoms with Gasteiger partial charge in [0.1, 0.15) is 10.2 Å². The Balaban J connectivity index is 2.24. The van der Waals surface area contributed by atoms with Crippen LogP contribution in [-0.2, 0) is 0 Å². The van der Waals surface area contributed by atoms with Gasteiger partial charge in [-0.15, -0.1) is 0 Å². The van der Waals surface area contributed by atoms with E-state index in [0.717, 1.165) is 10.2 Å². The first-order valence-electron chi connectivity index (χ1n) is 5.19. The van der Waals surface area contributed by atoms with E-state index in [4.69, 9.17) is 0 Å². The molecule has 0 atom stereocenters. The number of amides is 1. The van der Waals surface area contributed by atoms with Gasteiger partial charge in [0.05, 0.1) is 11.9 Å².